The lowest BCUT2D eigenvalue weighted by molar-refractivity contribution is -0.649. The van der Waals surface area contributed by atoms with E-state index in [0.29, 0.717) is 5.69 Å². The molecule has 0 atom stereocenters. The summed E-state index contributed by atoms with van der Waals surface area (Å²) in [6, 6.07) is 5.40. The quantitative estimate of drug-likeness (QED) is 0.327. The van der Waals surface area contributed by atoms with Gasteiger partial charge in [-0.05, 0) is 6.07 Å². The monoisotopic (exact) mass is 160 g/mol. The molecular weight excluding hydrogens is 152 g/mol. The largest absolute Gasteiger partial charge is 1.00 e. The van der Waals surface area contributed by atoms with E-state index in [-0.39, 0.29) is 19.0 Å². The first kappa shape index (κ1) is 9.20. The number of rotatable bonds is 1. The van der Waals surface area contributed by atoms with E-state index in [9.17, 15) is 0 Å². The molecule has 4 heteroatoms. The molecule has 10 heavy (non-hydrogen) atoms. The van der Waals surface area contributed by atoms with Crippen molar-refractivity contribution in [2.24, 2.45) is 0 Å². The highest BCUT2D eigenvalue weighted by atomic mass is 35.5. The van der Waals surface area contributed by atoms with Crippen LogP contribution in [0.1, 0.15) is 5.69 Å². The lowest BCUT2D eigenvalue weighted by Crippen LogP contribution is -3.00. The van der Waals surface area contributed by atoms with Crippen molar-refractivity contribution in [3.63, 3.8) is 0 Å². The highest BCUT2D eigenvalue weighted by Gasteiger charge is 2.00. The Labute approximate surface area is 65.5 Å². The maximum Gasteiger partial charge on any atom is 0.236 e. The predicted octanol–water partition coefficient (Wildman–Crippen LogP) is -3.82. The van der Waals surface area contributed by atoms with Crippen molar-refractivity contribution >= 4 is 0 Å². The van der Waals surface area contributed by atoms with Crippen molar-refractivity contribution in [2.75, 3.05) is 5.84 Å². The molecule has 3 nitrogen and oxygen atoms in total. The molecule has 0 amide bonds. The van der Waals surface area contributed by atoms with Crippen LogP contribution >= 0.6 is 0 Å². The lowest BCUT2D eigenvalue weighted by atomic mass is 10.4. The third kappa shape index (κ3) is 1.86. The van der Waals surface area contributed by atoms with Crippen LogP contribution in [0.25, 0.3) is 0 Å². The fourth-order valence-electron chi connectivity index (χ4n) is 0.625. The van der Waals surface area contributed by atoms with E-state index in [4.69, 9.17) is 10.9 Å². The Hall–Kier alpha value is -0.800. The highest BCUT2D eigenvalue weighted by Crippen LogP contribution is 1.86. The topological polar surface area (TPSA) is 50.1 Å². The van der Waals surface area contributed by atoms with Gasteiger partial charge in [-0.3, -0.25) is 0 Å². The molecule has 0 aliphatic heterocycles. The summed E-state index contributed by atoms with van der Waals surface area (Å²) in [5, 5.41) is 8.62. The van der Waals surface area contributed by atoms with Gasteiger partial charge in [0.1, 0.15) is 6.61 Å². The van der Waals surface area contributed by atoms with Crippen LogP contribution in [0.2, 0.25) is 0 Å². The number of aliphatic hydroxyl groups is 1. The molecule has 0 aliphatic carbocycles. The van der Waals surface area contributed by atoms with Crippen molar-refractivity contribution in [2.45, 2.75) is 6.61 Å². The predicted molar refractivity (Wildman–Crippen MR) is 32.7 cm³/mol. The molecule has 1 aromatic rings. The van der Waals surface area contributed by atoms with Crippen LogP contribution in [-0.4, -0.2) is 5.11 Å². The van der Waals surface area contributed by atoms with Gasteiger partial charge in [-0.15, -0.1) is 0 Å². The molecule has 0 fully saturated rings. The fraction of sp³-hybridized carbons (Fsp3) is 0.167. The van der Waals surface area contributed by atoms with E-state index in [1.165, 1.54) is 4.68 Å². The first-order valence-corrected chi connectivity index (χ1v) is 2.70. The molecular formula is C6H9ClN2O. The van der Waals surface area contributed by atoms with Gasteiger partial charge in [0.05, 0.1) is 0 Å². The molecule has 3 N–H and O–H groups in total. The third-order valence-electron chi connectivity index (χ3n) is 1.14. The van der Waals surface area contributed by atoms with Gasteiger partial charge in [0.25, 0.3) is 0 Å². The number of aliphatic hydroxyl groups excluding tert-OH is 1. The standard InChI is InChI=1S/C6H9N2O.ClH/c7-8-4-2-1-3-6(8)5-9;/h1-4,9H,5,7H2;1H/q+1;/p-1. The number of halogens is 1. The Kier molecular flexibility index (Phi) is 3.76. The van der Waals surface area contributed by atoms with Crippen LogP contribution < -0.4 is 22.9 Å². The van der Waals surface area contributed by atoms with Gasteiger partial charge in [-0.25, -0.2) is 5.84 Å². The Balaban J connectivity index is 0.000000810. The third-order valence-corrected chi connectivity index (χ3v) is 1.14. The summed E-state index contributed by atoms with van der Waals surface area (Å²) < 4.78 is 1.39. The van der Waals surface area contributed by atoms with E-state index in [0.717, 1.165) is 0 Å². The minimum Gasteiger partial charge on any atom is -1.00 e. The van der Waals surface area contributed by atoms with Gasteiger partial charge in [-0.1, -0.05) is 4.68 Å². The number of nitrogens with zero attached hydrogens (tertiary/aromatic N) is 1. The van der Waals surface area contributed by atoms with Gasteiger partial charge >= 0.3 is 0 Å². The van der Waals surface area contributed by atoms with Gasteiger partial charge < -0.3 is 17.5 Å². The van der Waals surface area contributed by atoms with Gasteiger partial charge in [0.15, 0.2) is 6.20 Å². The van der Waals surface area contributed by atoms with Crippen molar-refractivity contribution in [1.82, 2.24) is 0 Å². The van der Waals surface area contributed by atoms with E-state index < -0.39 is 0 Å². The normalized spacial score (nSPS) is 8.50. The average Bonchev–Trinajstić information content (AvgIpc) is 1.89. The minimum atomic E-state index is -0.0165. The zero-order valence-corrected chi connectivity index (χ0v) is 6.12. The molecule has 0 saturated carbocycles. The second-order valence-electron chi connectivity index (χ2n) is 1.76. The summed E-state index contributed by atoms with van der Waals surface area (Å²) in [6.45, 7) is -0.0165. The van der Waals surface area contributed by atoms with Gasteiger partial charge in [0, 0.05) is 12.1 Å². The number of pyridine rings is 1. The summed E-state index contributed by atoms with van der Waals surface area (Å²) in [4.78, 5) is 0. The molecule has 0 aromatic carbocycles. The highest BCUT2D eigenvalue weighted by molar-refractivity contribution is 4.95. The number of nitrogens with two attached hydrogens (primary N) is 1. The van der Waals surface area contributed by atoms with E-state index >= 15 is 0 Å². The minimum absolute atomic E-state index is 0. The molecule has 0 aliphatic rings. The summed E-state index contributed by atoms with van der Waals surface area (Å²) in [7, 11) is 0. The SMILES string of the molecule is N[n+]1ccccc1CO.[Cl-]. The van der Waals surface area contributed by atoms with Crippen molar-refractivity contribution in [1.29, 1.82) is 0 Å². The number of aromatic nitrogens is 1. The van der Waals surface area contributed by atoms with E-state index in [1.807, 2.05) is 6.07 Å². The van der Waals surface area contributed by atoms with Gasteiger partial charge in [0.2, 0.25) is 5.69 Å². The Bertz CT molecular complexity index is 205. The first-order valence-electron chi connectivity index (χ1n) is 2.70. The van der Waals surface area contributed by atoms with E-state index in [2.05, 4.69) is 0 Å². The molecule has 1 heterocycles. The molecule has 56 valence electrons. The number of nitrogen functional groups attached to an aromatic ring is 1. The zero-order chi connectivity index (χ0) is 6.69. The molecule has 0 spiro atoms. The van der Waals surface area contributed by atoms with Crippen molar-refractivity contribution < 1.29 is 22.2 Å². The second kappa shape index (κ2) is 4.09. The molecule has 1 rings (SSSR count). The van der Waals surface area contributed by atoms with Crippen LogP contribution in [0.5, 0.6) is 0 Å². The molecule has 0 bridgehead atoms. The van der Waals surface area contributed by atoms with Crippen LogP contribution in [0, 0.1) is 0 Å². The van der Waals surface area contributed by atoms with Gasteiger partial charge in [-0.2, -0.15) is 0 Å². The number of hydrogen-bond donors (Lipinski definition) is 2. The maximum absolute atomic E-state index is 8.62. The number of hydrogen-bond acceptors (Lipinski definition) is 2. The average molecular weight is 161 g/mol. The molecule has 0 radical (unpaired) electrons. The summed E-state index contributed by atoms with van der Waals surface area (Å²) in [6.07, 6.45) is 1.69. The van der Waals surface area contributed by atoms with Crippen molar-refractivity contribution in [3.05, 3.63) is 30.1 Å². The molecule has 1 aromatic heterocycles. The summed E-state index contributed by atoms with van der Waals surface area (Å²) in [5.41, 5.74) is 0.706. The lowest BCUT2D eigenvalue weighted by Gasteiger charge is -1.89. The summed E-state index contributed by atoms with van der Waals surface area (Å²) >= 11 is 0. The van der Waals surface area contributed by atoms with Crippen LogP contribution in [0.3, 0.4) is 0 Å². The molecule has 0 saturated heterocycles. The van der Waals surface area contributed by atoms with E-state index in [1.54, 1.807) is 18.3 Å². The smallest absolute Gasteiger partial charge is 0.236 e. The second-order valence-corrected chi connectivity index (χ2v) is 1.76. The summed E-state index contributed by atoms with van der Waals surface area (Å²) in [5.74, 6) is 5.39. The Morgan fingerprint density at radius 1 is 1.50 bits per heavy atom. The van der Waals surface area contributed by atoms with Crippen molar-refractivity contribution in [3.8, 4) is 0 Å². The molecule has 0 unspecified atom stereocenters. The first-order chi connectivity index (χ1) is 4.34. The fourth-order valence-corrected chi connectivity index (χ4v) is 0.625. The Morgan fingerprint density at radius 3 is 2.60 bits per heavy atom. The zero-order valence-electron chi connectivity index (χ0n) is 5.37. The van der Waals surface area contributed by atoms with Crippen LogP contribution in [0.15, 0.2) is 24.4 Å². The maximum atomic E-state index is 8.62. The van der Waals surface area contributed by atoms with Crippen LogP contribution in [0.4, 0.5) is 0 Å². The van der Waals surface area contributed by atoms with Crippen LogP contribution in [-0.2, 0) is 6.61 Å². The Morgan fingerprint density at radius 2 is 2.20 bits per heavy atom.